The third-order valence-electron chi connectivity index (χ3n) is 6.47. The van der Waals surface area contributed by atoms with Crippen molar-refractivity contribution in [2.45, 2.75) is 80.6 Å². The third-order valence-corrected chi connectivity index (χ3v) is 6.47. The Bertz CT molecular complexity index is 1140. The maximum absolute atomic E-state index is 5.07. The minimum atomic E-state index is 0.866. The predicted octanol–water partition coefficient (Wildman–Crippen LogP) is 11.3. The van der Waals surface area contributed by atoms with Crippen molar-refractivity contribution in [2.24, 2.45) is 0 Å². The summed E-state index contributed by atoms with van der Waals surface area (Å²) in [6.07, 6.45) is 16.1. The molecular formula is C38H54N2O. The second-order valence-electron chi connectivity index (χ2n) is 10.3. The van der Waals surface area contributed by atoms with E-state index >= 15 is 0 Å². The average Bonchev–Trinajstić information content (AvgIpc) is 2.98. The Balaban J connectivity index is 0.000000798. The van der Waals surface area contributed by atoms with Gasteiger partial charge in [0, 0.05) is 42.4 Å². The van der Waals surface area contributed by atoms with Crippen LogP contribution in [0.3, 0.4) is 0 Å². The van der Waals surface area contributed by atoms with Gasteiger partial charge in [-0.15, -0.1) is 6.58 Å². The van der Waals surface area contributed by atoms with E-state index in [9.17, 15) is 0 Å². The standard InChI is InChI=1S/C30H38N2.C5H10O.C3H6/c1-8-26(9-2)31-28-18-13-25(14-19-28)21-27(10-3)32-29-16-11-24(12-17-29)15-20-30(22(4)5)23(6)7;1-2-4-6-5-3-1;1-3-2/h8,10-20,31-32H,4,9,21H2,1-3,5-7H3;1-5H2;3H,1H2,2H3/b20-15+,26-8-,27-10+;;. The van der Waals surface area contributed by atoms with Crippen LogP contribution in [0.2, 0.25) is 0 Å². The summed E-state index contributed by atoms with van der Waals surface area (Å²) in [4.78, 5) is 0. The molecule has 3 rings (SSSR count). The predicted molar refractivity (Wildman–Crippen MR) is 184 cm³/mol. The number of hydrogen-bond acceptors (Lipinski definition) is 3. The van der Waals surface area contributed by atoms with Crippen molar-refractivity contribution < 1.29 is 4.74 Å². The van der Waals surface area contributed by atoms with Gasteiger partial charge in [-0.1, -0.05) is 79.3 Å². The summed E-state index contributed by atoms with van der Waals surface area (Å²) in [5, 5.41) is 7.02. The van der Waals surface area contributed by atoms with Crippen LogP contribution in [0.15, 0.2) is 114 Å². The number of anilines is 2. The van der Waals surface area contributed by atoms with Crippen molar-refractivity contribution in [2.75, 3.05) is 23.8 Å². The lowest BCUT2D eigenvalue weighted by Crippen LogP contribution is -2.03. The highest BCUT2D eigenvalue weighted by molar-refractivity contribution is 5.60. The van der Waals surface area contributed by atoms with Gasteiger partial charge in [0.2, 0.25) is 0 Å². The molecule has 1 aliphatic rings. The Morgan fingerprint density at radius 2 is 1.32 bits per heavy atom. The van der Waals surface area contributed by atoms with Gasteiger partial charge in [-0.05, 0) is 108 Å². The Kier molecular flexibility index (Phi) is 18.4. The number of rotatable bonds is 10. The monoisotopic (exact) mass is 554 g/mol. The summed E-state index contributed by atoms with van der Waals surface area (Å²) >= 11 is 0. The lowest BCUT2D eigenvalue weighted by molar-refractivity contribution is 0.0968. The quantitative estimate of drug-likeness (QED) is 0.226. The smallest absolute Gasteiger partial charge is 0.0466 e. The first-order valence-corrected chi connectivity index (χ1v) is 15.0. The van der Waals surface area contributed by atoms with Crippen LogP contribution in [0, 0.1) is 0 Å². The molecule has 0 amide bonds. The lowest BCUT2D eigenvalue weighted by atomic mass is 10.0. The van der Waals surface area contributed by atoms with Gasteiger partial charge in [-0.25, -0.2) is 0 Å². The van der Waals surface area contributed by atoms with Gasteiger partial charge in [-0.3, -0.25) is 0 Å². The van der Waals surface area contributed by atoms with E-state index in [-0.39, 0.29) is 0 Å². The van der Waals surface area contributed by atoms with Crippen LogP contribution in [-0.4, -0.2) is 13.2 Å². The molecule has 0 atom stereocenters. The van der Waals surface area contributed by atoms with Crippen LogP contribution in [0.25, 0.3) is 6.08 Å². The molecule has 0 aromatic heterocycles. The molecule has 2 N–H and O–H groups in total. The topological polar surface area (TPSA) is 33.3 Å². The first-order chi connectivity index (χ1) is 19.8. The SMILES string of the molecule is C1CCOCC1.C=C(C)C(/C=C/c1ccc(N/C(=C/C)Cc2ccc(N/C(=C\C)CC)cc2)cc1)=C(C)C.C=CC. The van der Waals surface area contributed by atoms with Crippen molar-refractivity contribution in [3.8, 4) is 0 Å². The Hall–Kier alpha value is -3.56. The zero-order chi connectivity index (χ0) is 30.5. The van der Waals surface area contributed by atoms with Crippen LogP contribution in [0.5, 0.6) is 0 Å². The maximum atomic E-state index is 5.07. The first-order valence-electron chi connectivity index (χ1n) is 15.0. The second-order valence-corrected chi connectivity index (χ2v) is 10.3. The summed E-state index contributed by atoms with van der Waals surface area (Å²) in [6, 6.07) is 17.2. The number of allylic oxidation sites excluding steroid dienone is 9. The molecule has 0 saturated carbocycles. The fraction of sp³-hybridized carbons (Fsp3) is 0.368. The van der Waals surface area contributed by atoms with Crippen molar-refractivity contribution >= 4 is 17.5 Å². The molecule has 0 unspecified atom stereocenters. The van der Waals surface area contributed by atoms with E-state index in [1.54, 1.807) is 6.08 Å². The zero-order valence-corrected chi connectivity index (χ0v) is 26.8. The molecule has 3 heteroatoms. The van der Waals surface area contributed by atoms with Gasteiger partial charge in [0.25, 0.3) is 0 Å². The minimum Gasteiger partial charge on any atom is -0.381 e. The summed E-state index contributed by atoms with van der Waals surface area (Å²) in [5.74, 6) is 0. The molecule has 0 spiro atoms. The molecule has 0 aliphatic carbocycles. The average molecular weight is 555 g/mol. The number of nitrogens with one attached hydrogen (secondary N) is 2. The van der Waals surface area contributed by atoms with E-state index in [0.29, 0.717) is 0 Å². The fourth-order valence-corrected chi connectivity index (χ4v) is 4.16. The van der Waals surface area contributed by atoms with E-state index in [1.165, 1.54) is 52.9 Å². The molecule has 3 nitrogen and oxygen atoms in total. The molecule has 1 saturated heterocycles. The highest BCUT2D eigenvalue weighted by Gasteiger charge is 2.02. The summed E-state index contributed by atoms with van der Waals surface area (Å²) in [6.45, 7) is 23.9. The third kappa shape index (κ3) is 15.1. The van der Waals surface area contributed by atoms with Crippen molar-refractivity contribution in [3.63, 3.8) is 0 Å². The van der Waals surface area contributed by atoms with Crippen LogP contribution in [-0.2, 0) is 11.2 Å². The van der Waals surface area contributed by atoms with Gasteiger partial charge in [0.1, 0.15) is 0 Å². The Morgan fingerprint density at radius 3 is 1.71 bits per heavy atom. The first kappa shape index (κ1) is 35.5. The van der Waals surface area contributed by atoms with Crippen molar-refractivity contribution in [1.29, 1.82) is 0 Å². The van der Waals surface area contributed by atoms with E-state index < -0.39 is 0 Å². The van der Waals surface area contributed by atoms with Gasteiger partial charge in [0.05, 0.1) is 0 Å². The summed E-state index contributed by atoms with van der Waals surface area (Å²) in [7, 11) is 0. The van der Waals surface area contributed by atoms with E-state index in [0.717, 1.165) is 43.0 Å². The highest BCUT2D eigenvalue weighted by Crippen LogP contribution is 2.20. The van der Waals surface area contributed by atoms with E-state index in [2.05, 4.69) is 131 Å². The molecule has 0 radical (unpaired) electrons. The number of ether oxygens (including phenoxy) is 1. The number of benzene rings is 2. The van der Waals surface area contributed by atoms with Crippen LogP contribution < -0.4 is 10.6 Å². The van der Waals surface area contributed by atoms with Crippen LogP contribution in [0.1, 0.15) is 85.3 Å². The van der Waals surface area contributed by atoms with E-state index in [4.69, 9.17) is 4.74 Å². The highest BCUT2D eigenvalue weighted by atomic mass is 16.5. The molecule has 41 heavy (non-hydrogen) atoms. The normalized spacial score (nSPS) is 13.2. The van der Waals surface area contributed by atoms with Crippen molar-refractivity contribution in [3.05, 3.63) is 125 Å². The van der Waals surface area contributed by atoms with Gasteiger partial charge >= 0.3 is 0 Å². The molecule has 1 heterocycles. The van der Waals surface area contributed by atoms with Gasteiger partial charge in [0.15, 0.2) is 0 Å². The van der Waals surface area contributed by atoms with Gasteiger partial charge < -0.3 is 15.4 Å². The zero-order valence-electron chi connectivity index (χ0n) is 26.8. The molecule has 2 aromatic carbocycles. The molecule has 1 fully saturated rings. The summed E-state index contributed by atoms with van der Waals surface area (Å²) in [5.41, 5.74) is 10.7. The molecular weight excluding hydrogens is 500 g/mol. The summed E-state index contributed by atoms with van der Waals surface area (Å²) < 4.78 is 5.07. The minimum absolute atomic E-state index is 0.866. The lowest BCUT2D eigenvalue weighted by Gasteiger charge is -2.13. The van der Waals surface area contributed by atoms with E-state index in [1.807, 2.05) is 13.8 Å². The Labute approximate surface area is 251 Å². The second kappa shape index (κ2) is 21.2. The molecule has 222 valence electrons. The molecule has 2 aromatic rings. The van der Waals surface area contributed by atoms with Crippen molar-refractivity contribution in [1.82, 2.24) is 0 Å². The number of hydrogen-bond donors (Lipinski definition) is 2. The molecule has 1 aliphatic heterocycles. The van der Waals surface area contributed by atoms with Gasteiger partial charge in [-0.2, -0.15) is 0 Å². The Morgan fingerprint density at radius 1 is 0.805 bits per heavy atom. The van der Waals surface area contributed by atoms with Crippen LogP contribution >= 0.6 is 0 Å². The fourth-order valence-electron chi connectivity index (χ4n) is 4.16. The maximum Gasteiger partial charge on any atom is 0.0466 e. The van der Waals surface area contributed by atoms with Crippen LogP contribution in [0.4, 0.5) is 11.4 Å². The molecule has 0 bridgehead atoms. The largest absolute Gasteiger partial charge is 0.381 e.